The molecule has 3 N–H and O–H groups in total. The summed E-state index contributed by atoms with van der Waals surface area (Å²) in [5.41, 5.74) is 1.29. The van der Waals surface area contributed by atoms with Crippen molar-refractivity contribution >= 4 is 35.0 Å². The molecular weight excluding hydrogens is 344 g/mol. The first-order chi connectivity index (χ1) is 12.0. The highest BCUT2D eigenvalue weighted by molar-refractivity contribution is 6.32. The Morgan fingerprint density at radius 3 is 2.68 bits per heavy atom. The fourth-order valence-corrected chi connectivity index (χ4v) is 2.36. The van der Waals surface area contributed by atoms with Crippen molar-refractivity contribution in [2.24, 2.45) is 7.05 Å². The number of rotatable bonds is 6. The number of hydrogen-bond acceptors (Lipinski definition) is 6. The van der Waals surface area contributed by atoms with Crippen LogP contribution in [-0.2, 0) is 11.8 Å². The zero-order valence-electron chi connectivity index (χ0n) is 13.2. The van der Waals surface area contributed by atoms with Crippen molar-refractivity contribution in [1.29, 1.82) is 0 Å². The van der Waals surface area contributed by atoms with E-state index in [1.807, 2.05) is 6.07 Å². The van der Waals surface area contributed by atoms with Gasteiger partial charge in [0, 0.05) is 13.2 Å². The predicted octanol–water partition coefficient (Wildman–Crippen LogP) is 2.84. The smallest absolute Gasteiger partial charge is 0.330 e. The number of benzene rings is 1. The van der Waals surface area contributed by atoms with E-state index in [0.717, 1.165) is 0 Å². The largest absolute Gasteiger partial charge is 0.479 e. The number of aliphatic carboxylic acids is 1. The molecule has 128 valence electrons. The van der Waals surface area contributed by atoms with Crippen LogP contribution in [0.1, 0.15) is 11.6 Å². The van der Waals surface area contributed by atoms with Gasteiger partial charge < -0.3 is 15.7 Å². The van der Waals surface area contributed by atoms with Gasteiger partial charge in [-0.2, -0.15) is 10.1 Å². The SMILES string of the molecule is Cn1cc(Nc2ncc(Cl)c(NC(C(=O)O)c3ccccc3)n2)cn1. The first-order valence-corrected chi connectivity index (χ1v) is 7.73. The molecule has 2 aromatic heterocycles. The molecule has 0 aliphatic heterocycles. The maximum atomic E-state index is 11.6. The number of nitrogens with one attached hydrogen (secondary N) is 2. The van der Waals surface area contributed by atoms with Crippen molar-refractivity contribution in [2.75, 3.05) is 10.6 Å². The summed E-state index contributed by atoms with van der Waals surface area (Å²) in [5.74, 6) is -0.543. The van der Waals surface area contributed by atoms with Crippen molar-refractivity contribution in [2.45, 2.75) is 6.04 Å². The first-order valence-electron chi connectivity index (χ1n) is 7.35. The topological polar surface area (TPSA) is 105 Å². The summed E-state index contributed by atoms with van der Waals surface area (Å²) in [6, 6.07) is 7.80. The van der Waals surface area contributed by atoms with E-state index in [9.17, 15) is 9.90 Å². The van der Waals surface area contributed by atoms with Gasteiger partial charge in [-0.25, -0.2) is 9.78 Å². The van der Waals surface area contributed by atoms with E-state index in [4.69, 9.17) is 11.6 Å². The highest BCUT2D eigenvalue weighted by atomic mass is 35.5. The Morgan fingerprint density at radius 2 is 2.04 bits per heavy atom. The van der Waals surface area contributed by atoms with Gasteiger partial charge in [0.25, 0.3) is 0 Å². The summed E-state index contributed by atoms with van der Waals surface area (Å²) in [5, 5.41) is 19.6. The van der Waals surface area contributed by atoms with Gasteiger partial charge in [0.15, 0.2) is 11.9 Å². The second-order valence-electron chi connectivity index (χ2n) is 5.24. The van der Waals surface area contributed by atoms with Gasteiger partial charge in [-0.05, 0) is 5.56 Å². The zero-order chi connectivity index (χ0) is 17.8. The van der Waals surface area contributed by atoms with E-state index in [2.05, 4.69) is 25.7 Å². The Balaban J connectivity index is 1.85. The lowest BCUT2D eigenvalue weighted by Crippen LogP contribution is -2.21. The third-order valence-electron chi connectivity index (χ3n) is 3.37. The molecule has 0 aliphatic rings. The maximum absolute atomic E-state index is 11.6. The minimum Gasteiger partial charge on any atom is -0.479 e. The van der Waals surface area contributed by atoms with Crippen molar-refractivity contribution in [3.05, 3.63) is 59.5 Å². The van der Waals surface area contributed by atoms with E-state index in [1.165, 1.54) is 6.20 Å². The molecule has 1 aromatic carbocycles. The van der Waals surface area contributed by atoms with Crippen LogP contribution < -0.4 is 10.6 Å². The number of carboxylic acid groups (broad SMARTS) is 1. The third-order valence-corrected chi connectivity index (χ3v) is 3.64. The highest BCUT2D eigenvalue weighted by Crippen LogP contribution is 2.26. The molecule has 25 heavy (non-hydrogen) atoms. The van der Waals surface area contributed by atoms with Gasteiger partial charge in [0.1, 0.15) is 5.02 Å². The average Bonchev–Trinajstić information content (AvgIpc) is 3.00. The normalized spacial score (nSPS) is 11.8. The van der Waals surface area contributed by atoms with Gasteiger partial charge in [-0.3, -0.25) is 4.68 Å². The van der Waals surface area contributed by atoms with E-state index in [-0.39, 0.29) is 16.8 Å². The Kier molecular flexibility index (Phi) is 4.80. The molecule has 0 amide bonds. The van der Waals surface area contributed by atoms with Gasteiger partial charge in [0.05, 0.1) is 18.1 Å². The lowest BCUT2D eigenvalue weighted by molar-refractivity contribution is -0.138. The van der Waals surface area contributed by atoms with Gasteiger partial charge in [-0.1, -0.05) is 41.9 Å². The molecule has 0 saturated heterocycles. The molecule has 3 rings (SSSR count). The quantitative estimate of drug-likeness (QED) is 0.622. The Labute approximate surface area is 148 Å². The standard InChI is InChI=1S/C16H15ClN6O2/c1-23-9-11(7-19-23)20-16-18-8-12(17)14(22-16)21-13(15(24)25)10-5-3-2-4-6-10/h2-9,13H,1H3,(H,24,25)(H2,18,20,21,22). The maximum Gasteiger partial charge on any atom is 0.330 e. The molecule has 9 heteroatoms. The van der Waals surface area contributed by atoms with Crippen LogP contribution in [0.3, 0.4) is 0 Å². The van der Waals surface area contributed by atoms with E-state index in [1.54, 1.807) is 48.4 Å². The van der Waals surface area contributed by atoms with E-state index >= 15 is 0 Å². The number of hydrogen-bond donors (Lipinski definition) is 3. The molecule has 0 fully saturated rings. The average molecular weight is 359 g/mol. The fraction of sp³-hybridized carbons (Fsp3) is 0.125. The number of carboxylic acids is 1. The van der Waals surface area contributed by atoms with Crippen molar-refractivity contribution < 1.29 is 9.90 Å². The number of aromatic nitrogens is 4. The van der Waals surface area contributed by atoms with Crippen LogP contribution >= 0.6 is 11.6 Å². The zero-order valence-corrected chi connectivity index (χ0v) is 14.0. The van der Waals surface area contributed by atoms with Crippen LogP contribution in [0.5, 0.6) is 0 Å². The molecular formula is C16H15ClN6O2. The monoisotopic (exact) mass is 358 g/mol. The second kappa shape index (κ2) is 7.18. The molecule has 0 bridgehead atoms. The molecule has 3 aromatic rings. The molecule has 8 nitrogen and oxygen atoms in total. The number of aryl methyl sites for hydroxylation is 1. The minimum atomic E-state index is -1.04. The van der Waals surface area contributed by atoms with Crippen LogP contribution in [0.4, 0.5) is 17.5 Å². The first kappa shape index (κ1) is 16.7. The third kappa shape index (κ3) is 4.04. The molecule has 0 radical (unpaired) electrons. The minimum absolute atomic E-state index is 0.221. The molecule has 1 atom stereocenters. The van der Waals surface area contributed by atoms with Crippen molar-refractivity contribution in [3.8, 4) is 0 Å². The fourth-order valence-electron chi connectivity index (χ4n) is 2.21. The highest BCUT2D eigenvalue weighted by Gasteiger charge is 2.21. The molecule has 0 aliphatic carbocycles. The molecule has 0 spiro atoms. The summed E-state index contributed by atoms with van der Waals surface area (Å²) >= 11 is 6.11. The van der Waals surface area contributed by atoms with Gasteiger partial charge in [-0.15, -0.1) is 0 Å². The number of nitrogens with zero attached hydrogens (tertiary/aromatic N) is 4. The lowest BCUT2D eigenvalue weighted by Gasteiger charge is -2.16. The summed E-state index contributed by atoms with van der Waals surface area (Å²) in [6.45, 7) is 0. The Bertz CT molecular complexity index is 883. The predicted molar refractivity (Wildman–Crippen MR) is 94.0 cm³/mol. The van der Waals surface area contributed by atoms with Crippen LogP contribution in [0, 0.1) is 0 Å². The number of anilines is 3. The summed E-state index contributed by atoms with van der Waals surface area (Å²) in [7, 11) is 1.79. The second-order valence-corrected chi connectivity index (χ2v) is 5.65. The molecule has 1 unspecified atom stereocenters. The van der Waals surface area contributed by atoms with Crippen molar-refractivity contribution in [1.82, 2.24) is 19.7 Å². The van der Waals surface area contributed by atoms with Gasteiger partial charge in [0.2, 0.25) is 5.95 Å². The summed E-state index contributed by atoms with van der Waals surface area (Å²) in [4.78, 5) is 20.0. The summed E-state index contributed by atoms with van der Waals surface area (Å²) in [6.07, 6.45) is 4.78. The van der Waals surface area contributed by atoms with Crippen molar-refractivity contribution in [3.63, 3.8) is 0 Å². The molecule has 2 heterocycles. The van der Waals surface area contributed by atoms with Crippen LogP contribution in [0.25, 0.3) is 0 Å². The Hall–Kier alpha value is -3.13. The van der Waals surface area contributed by atoms with E-state index in [0.29, 0.717) is 11.3 Å². The molecule has 0 saturated carbocycles. The number of carbonyl (C=O) groups is 1. The lowest BCUT2D eigenvalue weighted by atomic mass is 10.1. The summed E-state index contributed by atoms with van der Waals surface area (Å²) < 4.78 is 1.63. The van der Waals surface area contributed by atoms with Crippen LogP contribution in [0.2, 0.25) is 5.02 Å². The number of halogens is 1. The van der Waals surface area contributed by atoms with E-state index < -0.39 is 12.0 Å². The van der Waals surface area contributed by atoms with Crippen LogP contribution in [-0.4, -0.2) is 30.8 Å². The van der Waals surface area contributed by atoms with Crippen LogP contribution in [0.15, 0.2) is 48.9 Å². The van der Waals surface area contributed by atoms with Gasteiger partial charge >= 0.3 is 5.97 Å². The Morgan fingerprint density at radius 1 is 1.28 bits per heavy atom.